The van der Waals surface area contributed by atoms with E-state index in [4.69, 9.17) is 25.8 Å². The van der Waals surface area contributed by atoms with E-state index in [2.05, 4.69) is 49.2 Å². The van der Waals surface area contributed by atoms with Gasteiger partial charge in [-0.2, -0.15) is 23.6 Å². The molecule has 0 aliphatic heterocycles. The summed E-state index contributed by atoms with van der Waals surface area (Å²) in [7, 11) is -19.1. The highest BCUT2D eigenvalue weighted by Crippen LogP contribution is 1.91. The fraction of sp³-hybridized carbons (Fsp3) is 0.812. The van der Waals surface area contributed by atoms with E-state index in [1.165, 1.54) is 108 Å². The van der Waals surface area contributed by atoms with Crippen molar-refractivity contribution < 1.29 is 71.0 Å². The number of carbonyl (C=O) groups is 4. The van der Waals surface area contributed by atoms with Gasteiger partial charge >= 0.3 is 18.2 Å². The van der Waals surface area contributed by atoms with Gasteiger partial charge in [0.2, 0.25) is 12.4 Å². The number of nitrogens with zero attached hydrogens (tertiary/aromatic N) is 12. The Bertz CT molecular complexity index is 3040. The third kappa shape index (κ3) is 243. The van der Waals surface area contributed by atoms with Gasteiger partial charge < -0.3 is 16.2 Å². The molecule has 0 heterocycles. The van der Waals surface area contributed by atoms with E-state index in [0.717, 1.165) is 6.26 Å². The van der Waals surface area contributed by atoms with Crippen LogP contribution >= 0.6 is 0 Å². The van der Waals surface area contributed by atoms with Gasteiger partial charge in [0.1, 0.15) is 14.2 Å². The third-order valence-electron chi connectivity index (χ3n) is 2.90. The molecular formula is C32H84N16O17S12. The first-order valence-corrected chi connectivity index (χ1v) is 45.2. The summed E-state index contributed by atoms with van der Waals surface area (Å²) in [6.45, 7) is 1.28. The maximum Gasteiger partial charge on any atom is 0.441 e. The molecule has 6 amide bonds. The lowest BCUT2D eigenvalue weighted by atomic mass is 10.8. The lowest BCUT2D eigenvalue weighted by Gasteiger charge is -1.91. The summed E-state index contributed by atoms with van der Waals surface area (Å²) in [5.41, 5.74) is 9.29. The van der Waals surface area contributed by atoms with E-state index < -0.39 is 111 Å². The van der Waals surface area contributed by atoms with Crippen LogP contribution in [0.2, 0.25) is 0 Å². The van der Waals surface area contributed by atoms with E-state index in [1.54, 1.807) is 25.8 Å². The SMILES string of the molecule is CC(=O)N=S(C)(C)=O.CN=S(C)(C)=O.COC(=O)N=S(C)(C)=O.CS(=O)(=O)N=S(C)(C)=O.CS(C)(=N)=O.CS(C)(=O)=NC#N.CS(C)(=O)=NC(N)=O.CS(C)(=O)=N[N+](=O)[O-].CS(C)=N.CS(C)=NC#N.CS(C)=NC(N)=O. The van der Waals surface area contributed by atoms with E-state index in [9.17, 15) is 71.4 Å². The minimum atomic E-state index is -3.43. The monoisotopic (exact) mass is 1350 g/mol. The standard InChI is InChI=1S/C4H9NO3S.C4H9NO2S.C3H8N2O2S.C3H6N2OS.C3H8N2OS.C3H6N2S.C3H9NO3S2.C3H9NOS.C2H6N2O3S.C2H7NOS.C2H7NS/c1-8-4(6)5-9(2,3)7;1-4(6)5-8(2,3)7;1-8(2,7)5-3(4)6;1-7(2,6)5-3-4;1-7(2)5-3(4)6;1-6(2)5-3-4;1-8(2,5)4-9(3,6)7;1-4-6(2,3)5;1-8(2,7)3-4(5)6;1-5(2,3)4;1-4(2)3/h1-3H3;1-3H3;1-2H3,(H2,4,6);1-2H3;1-2H3,(H2,4,6);1-2H3;1-3H3;1-3H3;1-2H3;3H,1-2H3;3H,1-2H3. The van der Waals surface area contributed by atoms with Crippen molar-refractivity contribution in [3.63, 3.8) is 0 Å². The topological polar surface area (TPSA) is 550 Å². The Balaban J connectivity index is -0.0000000696. The van der Waals surface area contributed by atoms with Crippen molar-refractivity contribution in [3.05, 3.63) is 10.1 Å². The second kappa shape index (κ2) is 49.5. The first-order chi connectivity index (χ1) is 33.2. The number of nitrogens with two attached hydrogens (primary N) is 2. The minimum Gasteiger partial charge on any atom is -0.451 e. The molecule has 466 valence electrons. The molecule has 0 aliphatic rings. The Hall–Kier alpha value is -3.54. The molecule has 0 spiro atoms. The molecule has 0 unspecified atom stereocenters. The van der Waals surface area contributed by atoms with Crippen molar-refractivity contribution in [2.45, 2.75) is 6.92 Å². The van der Waals surface area contributed by atoms with Crippen LogP contribution < -0.4 is 11.5 Å². The number of methoxy groups -OCH3 is 1. The van der Waals surface area contributed by atoms with Gasteiger partial charge in [0, 0.05) is 143 Å². The van der Waals surface area contributed by atoms with Gasteiger partial charge in [-0.15, -0.1) is 27.5 Å². The number of rotatable bonds is 2. The molecule has 0 rings (SSSR count). The van der Waals surface area contributed by atoms with Crippen molar-refractivity contribution in [3.8, 4) is 12.4 Å². The van der Waals surface area contributed by atoms with Crippen molar-refractivity contribution in [1.29, 1.82) is 20.1 Å². The van der Waals surface area contributed by atoms with Gasteiger partial charge in [-0.25, -0.2) is 62.5 Å². The molecule has 33 nitrogen and oxygen atoms in total. The summed E-state index contributed by atoms with van der Waals surface area (Å²) >= 11 is 0. The summed E-state index contributed by atoms with van der Waals surface area (Å²) in [4.78, 5) is 49.6. The largest absolute Gasteiger partial charge is 0.451 e. The number of ether oxygens (including phenoxy) is 1. The summed E-state index contributed by atoms with van der Waals surface area (Å²) in [6, 6.07) is -1.45. The molecule has 0 aliphatic carbocycles. The van der Waals surface area contributed by atoms with E-state index >= 15 is 0 Å². The predicted octanol–water partition coefficient (Wildman–Crippen LogP) is 2.23. The van der Waals surface area contributed by atoms with Gasteiger partial charge in [0.05, 0.1) is 52.3 Å². The maximum absolute atomic E-state index is 10.7. The van der Waals surface area contributed by atoms with Crippen LogP contribution in [-0.4, -0.2) is 229 Å². The van der Waals surface area contributed by atoms with Gasteiger partial charge in [0.25, 0.3) is 15.9 Å². The highest BCUT2D eigenvalue weighted by atomic mass is 32.3. The molecular weight excluding hydrogens is 1270 g/mol. The zero-order chi connectivity index (χ0) is 65.6. The fourth-order valence-electron chi connectivity index (χ4n) is 1.59. The summed E-state index contributed by atoms with van der Waals surface area (Å²) in [6.07, 6.45) is 36.5. The number of amides is 6. The number of nitriles is 2. The van der Waals surface area contributed by atoms with Crippen LogP contribution in [0.1, 0.15) is 6.92 Å². The van der Waals surface area contributed by atoms with Gasteiger partial charge in [0.15, 0.2) is 5.03 Å². The quantitative estimate of drug-likeness (QED) is 0.175. The van der Waals surface area contributed by atoms with Crippen LogP contribution in [0, 0.1) is 42.6 Å². The van der Waals surface area contributed by atoms with Crippen molar-refractivity contribution in [2.75, 3.05) is 158 Å². The van der Waals surface area contributed by atoms with Crippen LogP contribution in [0.3, 0.4) is 0 Å². The number of sulfonamides is 1. The molecule has 6 N–H and O–H groups in total. The molecule has 0 aromatic rings. The van der Waals surface area contributed by atoms with Crippen LogP contribution in [0.15, 0.2) is 38.8 Å². The number of urea groups is 2. The predicted molar refractivity (Wildman–Crippen MR) is 326 cm³/mol. The number of hydrogen-bond acceptors (Lipinski definition) is 24. The van der Waals surface area contributed by atoms with Crippen LogP contribution in [0.25, 0.3) is 0 Å². The Kier molecular flexibility index (Phi) is 63.6. The van der Waals surface area contributed by atoms with Crippen molar-refractivity contribution >= 4 is 144 Å². The first-order valence-electron chi connectivity index (χ1n) is 18.6. The normalized spacial score (nSPS) is 10.5. The molecule has 0 atom stereocenters. The zero-order valence-corrected chi connectivity index (χ0v) is 58.2. The van der Waals surface area contributed by atoms with Crippen LogP contribution in [-0.2, 0) is 129 Å². The molecule has 0 saturated carbocycles. The second-order valence-electron chi connectivity index (χ2n) is 15.6. The van der Waals surface area contributed by atoms with E-state index in [-0.39, 0.29) is 38.0 Å². The van der Waals surface area contributed by atoms with Crippen molar-refractivity contribution in [1.82, 2.24) is 0 Å². The molecule has 0 aromatic heterocycles. The number of carbonyl (C=O) groups excluding carboxylic acids is 4. The van der Waals surface area contributed by atoms with Gasteiger partial charge in [-0.1, -0.05) is 21.4 Å². The van der Waals surface area contributed by atoms with Crippen LogP contribution in [0.4, 0.5) is 14.4 Å². The van der Waals surface area contributed by atoms with Crippen molar-refractivity contribution in [2.24, 2.45) is 50.2 Å². The number of hydrogen-bond donors (Lipinski definition) is 4. The smallest absolute Gasteiger partial charge is 0.441 e. The van der Waals surface area contributed by atoms with E-state index in [1.807, 2.05) is 37.5 Å². The summed E-state index contributed by atoms with van der Waals surface area (Å²) < 4.78 is 150. The molecule has 0 fully saturated rings. The molecule has 0 saturated heterocycles. The Morgan fingerprint density at radius 3 is 0.896 bits per heavy atom. The second-order valence-corrected chi connectivity index (χ2v) is 43.0. The minimum absolute atomic E-state index is 0.0517. The molecule has 0 bridgehead atoms. The highest BCUT2D eigenvalue weighted by Gasteiger charge is 1.99. The molecule has 0 radical (unpaired) electrons. The molecule has 77 heavy (non-hydrogen) atoms. The van der Waals surface area contributed by atoms with Gasteiger partial charge in [-0.3, -0.25) is 22.8 Å². The first kappa shape index (κ1) is 98.9. The van der Waals surface area contributed by atoms with Crippen LogP contribution in [0.5, 0.6) is 0 Å². The Labute approximate surface area is 469 Å². The lowest BCUT2D eigenvalue weighted by Crippen LogP contribution is -2.07. The number of nitro groups is 1. The molecule has 0 aromatic carbocycles. The summed E-state index contributed by atoms with van der Waals surface area (Å²) in [5, 5.41) is 24.2. The highest BCUT2D eigenvalue weighted by molar-refractivity contribution is 8.02. The molecule has 45 heteroatoms. The fourth-order valence-corrected chi connectivity index (χ4v) is 6.73. The lowest BCUT2D eigenvalue weighted by molar-refractivity contribution is -0.482. The Morgan fingerprint density at radius 1 is 0.571 bits per heavy atom. The average molecular weight is 1350 g/mol. The zero-order valence-electron chi connectivity index (χ0n) is 48.4. The van der Waals surface area contributed by atoms with Gasteiger partial charge in [-0.05, 0) is 37.5 Å². The third-order valence-corrected chi connectivity index (χ3v) is 10.2. The summed E-state index contributed by atoms with van der Waals surface area (Å²) in [5.74, 6) is -0.375. The maximum atomic E-state index is 10.7. The Morgan fingerprint density at radius 2 is 0.883 bits per heavy atom. The average Bonchev–Trinajstić information content (AvgIpc) is 3.02. The number of primary amides is 2. The number of nitrogens with one attached hydrogen (secondary N) is 2. The van der Waals surface area contributed by atoms with E-state index in [0.29, 0.717) is 0 Å².